The van der Waals surface area contributed by atoms with Crippen LogP contribution in [0.25, 0.3) is 5.57 Å². The summed E-state index contributed by atoms with van der Waals surface area (Å²) in [7, 11) is 0. The van der Waals surface area contributed by atoms with E-state index in [0.29, 0.717) is 6.10 Å². The zero-order chi connectivity index (χ0) is 12.6. The van der Waals surface area contributed by atoms with Gasteiger partial charge in [-0.15, -0.1) is 0 Å². The van der Waals surface area contributed by atoms with Crippen molar-refractivity contribution in [3.05, 3.63) is 42.5 Å². The monoisotopic (exact) mass is 245 g/mol. The first kappa shape index (κ1) is 13.3. The fraction of sp³-hybridized carbons (Fsp3) is 0.500. The first-order valence-corrected chi connectivity index (χ1v) is 6.92. The minimum Gasteiger partial charge on any atom is -0.377 e. The van der Waals surface area contributed by atoms with Crippen LogP contribution in [-0.4, -0.2) is 25.8 Å². The molecule has 0 heterocycles. The Balaban J connectivity index is 1.56. The predicted octanol–water partition coefficient (Wildman–Crippen LogP) is 3.25. The van der Waals surface area contributed by atoms with Gasteiger partial charge in [-0.1, -0.05) is 49.8 Å². The molecule has 0 radical (unpaired) electrons. The van der Waals surface area contributed by atoms with Crippen LogP contribution in [0.4, 0.5) is 0 Å². The molecule has 2 heteroatoms. The summed E-state index contributed by atoms with van der Waals surface area (Å²) in [5.74, 6) is 0. The van der Waals surface area contributed by atoms with Crippen LogP contribution in [0.1, 0.15) is 31.2 Å². The third kappa shape index (κ3) is 4.28. The average Bonchev–Trinajstić information content (AvgIpc) is 2.92. The highest BCUT2D eigenvalue weighted by molar-refractivity contribution is 5.64. The summed E-state index contributed by atoms with van der Waals surface area (Å²) < 4.78 is 5.80. The molecule has 1 aliphatic carbocycles. The van der Waals surface area contributed by atoms with E-state index in [1.54, 1.807) is 0 Å². The molecule has 1 aromatic carbocycles. The van der Waals surface area contributed by atoms with Crippen LogP contribution in [-0.2, 0) is 4.74 Å². The van der Waals surface area contributed by atoms with E-state index in [2.05, 4.69) is 24.0 Å². The van der Waals surface area contributed by atoms with Gasteiger partial charge >= 0.3 is 0 Å². The molecule has 0 saturated heterocycles. The molecular weight excluding hydrogens is 222 g/mol. The topological polar surface area (TPSA) is 21.3 Å². The summed E-state index contributed by atoms with van der Waals surface area (Å²) in [6, 6.07) is 10.3. The van der Waals surface area contributed by atoms with Crippen molar-refractivity contribution in [1.82, 2.24) is 5.32 Å². The Kier molecular flexibility index (Phi) is 5.43. The highest BCUT2D eigenvalue weighted by atomic mass is 16.5. The van der Waals surface area contributed by atoms with Crippen molar-refractivity contribution < 1.29 is 4.74 Å². The lowest BCUT2D eigenvalue weighted by atomic mass is 10.1. The third-order valence-electron chi connectivity index (χ3n) is 3.46. The summed E-state index contributed by atoms with van der Waals surface area (Å²) in [5, 5.41) is 3.38. The van der Waals surface area contributed by atoms with Gasteiger partial charge in [0, 0.05) is 13.1 Å². The largest absolute Gasteiger partial charge is 0.377 e. The van der Waals surface area contributed by atoms with E-state index >= 15 is 0 Å². The van der Waals surface area contributed by atoms with Gasteiger partial charge in [0.15, 0.2) is 0 Å². The second kappa shape index (κ2) is 7.34. The Morgan fingerprint density at radius 3 is 2.67 bits per heavy atom. The normalized spacial score (nSPS) is 16.0. The zero-order valence-electron chi connectivity index (χ0n) is 11.0. The number of rotatable bonds is 7. The van der Waals surface area contributed by atoms with Crippen molar-refractivity contribution in [2.24, 2.45) is 0 Å². The molecule has 1 aliphatic rings. The Labute approximate surface area is 110 Å². The van der Waals surface area contributed by atoms with Crippen LogP contribution in [0.3, 0.4) is 0 Å². The third-order valence-corrected chi connectivity index (χ3v) is 3.46. The lowest BCUT2D eigenvalue weighted by Gasteiger charge is -2.12. The van der Waals surface area contributed by atoms with Crippen molar-refractivity contribution in [3.63, 3.8) is 0 Å². The van der Waals surface area contributed by atoms with E-state index < -0.39 is 0 Å². The van der Waals surface area contributed by atoms with Gasteiger partial charge in [0.25, 0.3) is 0 Å². The van der Waals surface area contributed by atoms with E-state index in [-0.39, 0.29) is 0 Å². The van der Waals surface area contributed by atoms with Crippen LogP contribution in [0, 0.1) is 0 Å². The second-order valence-electron chi connectivity index (χ2n) is 4.92. The van der Waals surface area contributed by atoms with Gasteiger partial charge in [0.2, 0.25) is 0 Å². The summed E-state index contributed by atoms with van der Waals surface area (Å²) in [5.41, 5.74) is 2.35. The maximum Gasteiger partial charge on any atom is 0.0594 e. The van der Waals surface area contributed by atoms with Crippen molar-refractivity contribution in [1.29, 1.82) is 0 Å². The minimum absolute atomic E-state index is 0.518. The second-order valence-corrected chi connectivity index (χ2v) is 4.92. The van der Waals surface area contributed by atoms with E-state index in [1.807, 2.05) is 18.2 Å². The van der Waals surface area contributed by atoms with Gasteiger partial charge in [-0.05, 0) is 24.0 Å². The fourth-order valence-corrected chi connectivity index (χ4v) is 2.37. The molecule has 0 aromatic heterocycles. The summed E-state index contributed by atoms with van der Waals surface area (Å²) in [6.07, 6.45) is 5.68. The molecule has 0 aliphatic heterocycles. The van der Waals surface area contributed by atoms with E-state index in [4.69, 9.17) is 4.74 Å². The Bertz CT molecular complexity index is 355. The smallest absolute Gasteiger partial charge is 0.0594 e. The van der Waals surface area contributed by atoms with Crippen LogP contribution >= 0.6 is 0 Å². The molecule has 0 unspecified atom stereocenters. The lowest BCUT2D eigenvalue weighted by Crippen LogP contribution is -2.23. The highest BCUT2D eigenvalue weighted by Gasteiger charge is 2.14. The maximum absolute atomic E-state index is 5.80. The van der Waals surface area contributed by atoms with E-state index in [1.165, 1.54) is 31.2 Å². The van der Waals surface area contributed by atoms with E-state index in [0.717, 1.165) is 25.3 Å². The Hall–Kier alpha value is -1.12. The van der Waals surface area contributed by atoms with Crippen molar-refractivity contribution in [3.8, 4) is 0 Å². The predicted molar refractivity (Wildman–Crippen MR) is 76.6 cm³/mol. The molecule has 1 aromatic rings. The highest BCUT2D eigenvalue weighted by Crippen LogP contribution is 2.20. The molecule has 0 amide bonds. The first-order valence-electron chi connectivity index (χ1n) is 6.92. The Morgan fingerprint density at radius 2 is 1.94 bits per heavy atom. The van der Waals surface area contributed by atoms with Gasteiger partial charge in [-0.3, -0.25) is 0 Å². The fourth-order valence-electron chi connectivity index (χ4n) is 2.37. The number of ether oxygens (including phenoxy) is 1. The molecule has 98 valence electrons. The average molecular weight is 245 g/mol. The van der Waals surface area contributed by atoms with Crippen molar-refractivity contribution in [2.75, 3.05) is 19.7 Å². The maximum atomic E-state index is 5.80. The zero-order valence-corrected chi connectivity index (χ0v) is 11.0. The summed E-state index contributed by atoms with van der Waals surface area (Å²) in [4.78, 5) is 0. The van der Waals surface area contributed by atoms with Crippen LogP contribution in [0.2, 0.25) is 0 Å². The number of hydrogen-bond acceptors (Lipinski definition) is 2. The molecule has 2 rings (SSSR count). The van der Waals surface area contributed by atoms with Crippen molar-refractivity contribution in [2.45, 2.75) is 31.8 Å². The molecule has 0 spiro atoms. The SMILES string of the molecule is C=C(CNCCOC1CCCC1)c1ccccc1. The van der Waals surface area contributed by atoms with E-state index in [9.17, 15) is 0 Å². The minimum atomic E-state index is 0.518. The summed E-state index contributed by atoms with van der Waals surface area (Å²) >= 11 is 0. The van der Waals surface area contributed by atoms with Gasteiger partial charge in [0.05, 0.1) is 12.7 Å². The molecule has 18 heavy (non-hydrogen) atoms. The first-order chi connectivity index (χ1) is 8.86. The summed E-state index contributed by atoms with van der Waals surface area (Å²) in [6.45, 7) is 6.65. The van der Waals surface area contributed by atoms with Gasteiger partial charge in [-0.25, -0.2) is 0 Å². The molecule has 0 atom stereocenters. The molecule has 1 fully saturated rings. The van der Waals surface area contributed by atoms with Crippen LogP contribution in [0.5, 0.6) is 0 Å². The van der Waals surface area contributed by atoms with Crippen LogP contribution in [0.15, 0.2) is 36.9 Å². The van der Waals surface area contributed by atoms with Gasteiger partial charge in [-0.2, -0.15) is 0 Å². The number of benzene rings is 1. The van der Waals surface area contributed by atoms with Gasteiger partial charge < -0.3 is 10.1 Å². The molecular formula is C16H23NO. The molecule has 2 nitrogen and oxygen atoms in total. The van der Waals surface area contributed by atoms with Crippen molar-refractivity contribution >= 4 is 5.57 Å². The number of hydrogen-bond donors (Lipinski definition) is 1. The quantitative estimate of drug-likeness (QED) is 0.745. The lowest BCUT2D eigenvalue weighted by molar-refractivity contribution is 0.0609. The Morgan fingerprint density at radius 1 is 1.22 bits per heavy atom. The molecule has 1 saturated carbocycles. The molecule has 0 bridgehead atoms. The van der Waals surface area contributed by atoms with Crippen LogP contribution < -0.4 is 5.32 Å². The molecule has 1 N–H and O–H groups in total. The number of nitrogens with one attached hydrogen (secondary N) is 1. The van der Waals surface area contributed by atoms with Gasteiger partial charge in [0.1, 0.15) is 0 Å². The standard InChI is InChI=1S/C16H23NO/c1-14(15-7-3-2-4-8-15)13-17-11-12-18-16-9-5-6-10-16/h2-4,7-8,16-17H,1,5-6,9-13H2.